The van der Waals surface area contributed by atoms with E-state index in [1.54, 1.807) is 10.9 Å². The molecule has 1 heterocycles. The van der Waals surface area contributed by atoms with Crippen molar-refractivity contribution in [2.45, 2.75) is 26.4 Å². The third kappa shape index (κ3) is 4.43. The van der Waals surface area contributed by atoms with E-state index in [-0.39, 0.29) is 11.9 Å². The third-order valence-corrected chi connectivity index (χ3v) is 3.14. The summed E-state index contributed by atoms with van der Waals surface area (Å²) in [5.74, 6) is 0.707. The largest absolute Gasteiger partial charge is 0.310 e. The molecule has 0 radical (unpaired) electrons. The lowest BCUT2D eigenvalue weighted by Gasteiger charge is -2.17. The van der Waals surface area contributed by atoms with Crippen LogP contribution in [0.1, 0.15) is 25.5 Å². The zero-order valence-electron chi connectivity index (χ0n) is 12.8. The van der Waals surface area contributed by atoms with Gasteiger partial charge in [0.25, 0.3) is 0 Å². The van der Waals surface area contributed by atoms with Crippen molar-refractivity contribution < 1.29 is 4.79 Å². The number of nitrogens with one attached hydrogen (secondary N) is 1. The summed E-state index contributed by atoms with van der Waals surface area (Å²) in [4.78, 5) is 14.1. The monoisotopic (exact) mass is 286 g/mol. The Morgan fingerprint density at radius 3 is 2.67 bits per heavy atom. The quantitative estimate of drug-likeness (QED) is 0.888. The molecule has 5 nitrogen and oxygen atoms in total. The maximum Gasteiger partial charge on any atom is 0.239 e. The second-order valence-electron chi connectivity index (χ2n) is 5.46. The lowest BCUT2D eigenvalue weighted by Crippen LogP contribution is -2.30. The Bertz CT molecular complexity index is 577. The van der Waals surface area contributed by atoms with Crippen molar-refractivity contribution in [3.05, 3.63) is 48.2 Å². The topological polar surface area (TPSA) is 50.2 Å². The molecular weight excluding hydrogens is 264 g/mol. The van der Waals surface area contributed by atoms with E-state index >= 15 is 0 Å². The molecule has 0 fully saturated rings. The number of aromatic nitrogens is 2. The molecule has 1 aromatic carbocycles. The Balaban J connectivity index is 1.88. The third-order valence-electron chi connectivity index (χ3n) is 3.14. The number of nitrogens with zero attached hydrogens (tertiary/aromatic N) is 3. The van der Waals surface area contributed by atoms with Gasteiger partial charge < -0.3 is 5.32 Å². The van der Waals surface area contributed by atoms with Gasteiger partial charge in [-0.05, 0) is 26.5 Å². The van der Waals surface area contributed by atoms with Crippen LogP contribution in [0.15, 0.2) is 42.6 Å². The highest BCUT2D eigenvalue weighted by Crippen LogP contribution is 2.13. The number of hydrogen-bond donors (Lipinski definition) is 1. The van der Waals surface area contributed by atoms with Crippen LogP contribution in [0.5, 0.6) is 0 Å². The summed E-state index contributed by atoms with van der Waals surface area (Å²) in [6.07, 6.45) is 1.70. The molecule has 1 amide bonds. The van der Waals surface area contributed by atoms with Gasteiger partial charge in [-0.15, -0.1) is 0 Å². The molecule has 0 spiro atoms. The molecule has 0 saturated carbocycles. The van der Waals surface area contributed by atoms with Crippen molar-refractivity contribution in [3.63, 3.8) is 0 Å². The molecule has 0 bridgehead atoms. The number of benzene rings is 1. The summed E-state index contributed by atoms with van der Waals surface area (Å²) >= 11 is 0. The first-order valence-electron chi connectivity index (χ1n) is 7.12. The Hall–Kier alpha value is -2.14. The van der Waals surface area contributed by atoms with E-state index in [4.69, 9.17) is 0 Å². The Kier molecular flexibility index (Phi) is 5.11. The summed E-state index contributed by atoms with van der Waals surface area (Å²) in [7, 11) is 1.94. The molecule has 0 aliphatic rings. The molecule has 1 N–H and O–H groups in total. The van der Waals surface area contributed by atoms with E-state index in [1.807, 2.05) is 50.1 Å². The van der Waals surface area contributed by atoms with E-state index in [0.29, 0.717) is 6.54 Å². The first-order valence-corrected chi connectivity index (χ1v) is 7.12. The van der Waals surface area contributed by atoms with Gasteiger partial charge in [0.15, 0.2) is 0 Å². The van der Waals surface area contributed by atoms with E-state index < -0.39 is 0 Å². The zero-order chi connectivity index (χ0) is 15.2. The number of likely N-dealkylation sites (N-methyl/N-ethyl adjacent to an activating group) is 1. The zero-order valence-corrected chi connectivity index (χ0v) is 12.8. The first-order chi connectivity index (χ1) is 10.1. The van der Waals surface area contributed by atoms with E-state index in [2.05, 4.69) is 22.5 Å². The minimum absolute atomic E-state index is 0.0316. The Morgan fingerprint density at radius 1 is 1.29 bits per heavy atom. The lowest BCUT2D eigenvalue weighted by molar-refractivity contribution is -0.117. The molecule has 2 aromatic rings. The van der Waals surface area contributed by atoms with E-state index in [0.717, 1.165) is 12.4 Å². The van der Waals surface area contributed by atoms with Crippen LogP contribution in [0.4, 0.5) is 5.82 Å². The summed E-state index contributed by atoms with van der Waals surface area (Å²) < 4.78 is 1.80. The first kappa shape index (κ1) is 15.3. The molecule has 21 heavy (non-hydrogen) atoms. The van der Waals surface area contributed by atoms with Crippen LogP contribution in [0, 0.1) is 0 Å². The van der Waals surface area contributed by atoms with Gasteiger partial charge in [0, 0.05) is 18.7 Å². The number of carbonyl (C=O) groups is 1. The van der Waals surface area contributed by atoms with Gasteiger partial charge in [0.05, 0.1) is 12.7 Å². The maximum absolute atomic E-state index is 12.1. The van der Waals surface area contributed by atoms with Gasteiger partial charge in [-0.2, -0.15) is 5.10 Å². The van der Waals surface area contributed by atoms with Crippen molar-refractivity contribution in [1.82, 2.24) is 14.7 Å². The minimum Gasteiger partial charge on any atom is -0.310 e. The molecule has 5 heteroatoms. The molecule has 0 aliphatic heterocycles. The van der Waals surface area contributed by atoms with Gasteiger partial charge in [0.1, 0.15) is 5.82 Å². The molecule has 2 rings (SSSR count). The summed E-state index contributed by atoms with van der Waals surface area (Å²) in [5, 5.41) is 7.11. The average Bonchev–Trinajstić information content (AvgIpc) is 2.87. The van der Waals surface area contributed by atoms with Crippen molar-refractivity contribution in [2.75, 3.05) is 18.9 Å². The SMILES string of the molecule is CC(C)n1nccc1NC(=O)CN(C)Cc1ccccc1. The molecule has 0 aliphatic carbocycles. The highest BCUT2D eigenvalue weighted by molar-refractivity contribution is 5.91. The number of anilines is 1. The average molecular weight is 286 g/mol. The highest BCUT2D eigenvalue weighted by Gasteiger charge is 2.11. The summed E-state index contributed by atoms with van der Waals surface area (Å²) in [6, 6.07) is 12.1. The fourth-order valence-corrected chi connectivity index (χ4v) is 2.20. The van der Waals surface area contributed by atoms with Crippen LogP contribution >= 0.6 is 0 Å². The number of hydrogen-bond acceptors (Lipinski definition) is 3. The fraction of sp³-hybridized carbons (Fsp3) is 0.375. The molecule has 0 unspecified atom stereocenters. The summed E-state index contributed by atoms with van der Waals surface area (Å²) in [5.41, 5.74) is 1.19. The van der Waals surface area contributed by atoms with Crippen molar-refractivity contribution >= 4 is 11.7 Å². The molecule has 0 atom stereocenters. The van der Waals surface area contributed by atoms with Gasteiger partial charge in [-0.3, -0.25) is 9.69 Å². The van der Waals surface area contributed by atoms with Gasteiger partial charge in [-0.1, -0.05) is 30.3 Å². The van der Waals surface area contributed by atoms with Gasteiger partial charge >= 0.3 is 0 Å². The molecule has 112 valence electrons. The van der Waals surface area contributed by atoms with Crippen LogP contribution in [0.25, 0.3) is 0 Å². The molecule has 1 aromatic heterocycles. The smallest absolute Gasteiger partial charge is 0.239 e. The van der Waals surface area contributed by atoms with Crippen molar-refractivity contribution in [2.24, 2.45) is 0 Å². The van der Waals surface area contributed by atoms with Crippen LogP contribution in [0.3, 0.4) is 0 Å². The standard InChI is InChI=1S/C16H22N4O/c1-13(2)20-15(9-10-17-20)18-16(21)12-19(3)11-14-7-5-4-6-8-14/h4-10,13H,11-12H2,1-3H3,(H,18,21). The second kappa shape index (κ2) is 7.04. The summed E-state index contributed by atoms with van der Waals surface area (Å²) in [6.45, 7) is 5.16. The van der Waals surface area contributed by atoms with Gasteiger partial charge in [0.2, 0.25) is 5.91 Å². The van der Waals surface area contributed by atoms with E-state index in [9.17, 15) is 4.79 Å². The van der Waals surface area contributed by atoms with Crippen LogP contribution in [-0.4, -0.2) is 34.2 Å². The minimum atomic E-state index is -0.0316. The second-order valence-corrected chi connectivity index (χ2v) is 5.46. The Labute approximate surface area is 125 Å². The number of amides is 1. The lowest BCUT2D eigenvalue weighted by atomic mass is 10.2. The highest BCUT2D eigenvalue weighted by atomic mass is 16.2. The molecule has 0 saturated heterocycles. The van der Waals surface area contributed by atoms with Crippen molar-refractivity contribution in [3.8, 4) is 0 Å². The predicted molar refractivity (Wildman–Crippen MR) is 84.0 cm³/mol. The molecular formula is C16H22N4O. The maximum atomic E-state index is 12.1. The Morgan fingerprint density at radius 2 is 2.00 bits per heavy atom. The number of rotatable bonds is 6. The number of carbonyl (C=O) groups excluding carboxylic acids is 1. The normalized spacial score (nSPS) is 11.1. The van der Waals surface area contributed by atoms with Crippen LogP contribution < -0.4 is 5.32 Å². The van der Waals surface area contributed by atoms with E-state index in [1.165, 1.54) is 5.56 Å². The predicted octanol–water partition coefficient (Wildman–Crippen LogP) is 2.53. The fourth-order valence-electron chi connectivity index (χ4n) is 2.20. The van der Waals surface area contributed by atoms with Crippen molar-refractivity contribution in [1.29, 1.82) is 0 Å². The van der Waals surface area contributed by atoms with Crippen LogP contribution in [-0.2, 0) is 11.3 Å². The van der Waals surface area contributed by atoms with Gasteiger partial charge in [-0.25, -0.2) is 4.68 Å². The van der Waals surface area contributed by atoms with Crippen LogP contribution in [0.2, 0.25) is 0 Å².